The summed E-state index contributed by atoms with van der Waals surface area (Å²) in [5.41, 5.74) is -0.702. The van der Waals surface area contributed by atoms with E-state index in [0.717, 1.165) is 12.8 Å². The van der Waals surface area contributed by atoms with Crippen LogP contribution < -0.4 is 14.8 Å². The molecule has 27 heavy (non-hydrogen) atoms. The number of rotatable bonds is 7. The highest BCUT2D eigenvalue weighted by Gasteiger charge is 2.29. The Morgan fingerprint density at radius 1 is 1.22 bits per heavy atom. The molecule has 0 bridgehead atoms. The van der Waals surface area contributed by atoms with Crippen molar-refractivity contribution in [2.45, 2.75) is 63.1 Å². The molecule has 1 amide bonds. The first-order valence-electron chi connectivity index (χ1n) is 8.66. The van der Waals surface area contributed by atoms with Crippen LogP contribution in [-0.2, 0) is 19.6 Å². The lowest BCUT2D eigenvalue weighted by Crippen LogP contribution is -2.40. The Hall–Kier alpha value is -2.13. The lowest BCUT2D eigenvalue weighted by molar-refractivity contribution is -0.129. The van der Waals surface area contributed by atoms with Gasteiger partial charge in [-0.25, -0.2) is 17.9 Å². The van der Waals surface area contributed by atoms with Gasteiger partial charge in [0.05, 0.1) is 12.7 Å². The van der Waals surface area contributed by atoms with Crippen LogP contribution in [0.25, 0.3) is 0 Å². The van der Waals surface area contributed by atoms with Gasteiger partial charge in [-0.3, -0.25) is 4.79 Å². The van der Waals surface area contributed by atoms with E-state index < -0.39 is 27.6 Å². The van der Waals surface area contributed by atoms with Gasteiger partial charge in [-0.05, 0) is 58.7 Å². The molecule has 0 aliphatic heterocycles. The number of methoxy groups -OCH3 is 1. The Bertz CT molecular complexity index is 825. The van der Waals surface area contributed by atoms with Crippen LogP contribution in [0.5, 0.6) is 5.75 Å². The largest absolute Gasteiger partial charge is 0.495 e. The molecule has 1 fully saturated rings. The topological polar surface area (TPSA) is 111 Å². The first kappa shape index (κ1) is 21.2. The number of hydrogen-bond donors (Lipinski definition) is 2. The van der Waals surface area contributed by atoms with Gasteiger partial charge in [-0.2, -0.15) is 0 Å². The second-order valence-electron chi connectivity index (χ2n) is 7.55. The van der Waals surface area contributed by atoms with Crippen LogP contribution in [-0.4, -0.2) is 45.1 Å². The third-order valence-corrected chi connectivity index (χ3v) is 5.49. The van der Waals surface area contributed by atoms with E-state index in [1.165, 1.54) is 32.2 Å². The SMILES string of the molecule is COc1ccc(C(=O)OC(C)C(=O)NC2CC2)cc1S(=O)(=O)NC(C)(C)C. The van der Waals surface area contributed by atoms with E-state index in [9.17, 15) is 18.0 Å². The molecule has 0 radical (unpaired) electrons. The third kappa shape index (κ3) is 5.93. The van der Waals surface area contributed by atoms with Crippen molar-refractivity contribution in [3.8, 4) is 5.75 Å². The predicted octanol–water partition coefficient (Wildman–Crippen LogP) is 1.60. The van der Waals surface area contributed by atoms with E-state index in [1.54, 1.807) is 20.8 Å². The zero-order valence-corrected chi connectivity index (χ0v) is 17.0. The van der Waals surface area contributed by atoms with Crippen LogP contribution in [0.3, 0.4) is 0 Å². The minimum atomic E-state index is -3.93. The van der Waals surface area contributed by atoms with Gasteiger partial charge in [0, 0.05) is 11.6 Å². The Balaban J connectivity index is 2.22. The molecule has 8 nitrogen and oxygen atoms in total. The number of carbonyl (C=O) groups is 2. The molecule has 1 aliphatic rings. The van der Waals surface area contributed by atoms with E-state index in [-0.39, 0.29) is 28.2 Å². The number of esters is 1. The number of ether oxygens (including phenoxy) is 2. The molecule has 0 spiro atoms. The van der Waals surface area contributed by atoms with Crippen molar-refractivity contribution in [3.63, 3.8) is 0 Å². The number of carbonyl (C=O) groups excluding carboxylic acids is 2. The van der Waals surface area contributed by atoms with Crippen LogP contribution >= 0.6 is 0 Å². The molecule has 1 aliphatic carbocycles. The van der Waals surface area contributed by atoms with Gasteiger partial charge >= 0.3 is 5.97 Å². The average Bonchev–Trinajstić information content (AvgIpc) is 3.35. The quantitative estimate of drug-likeness (QED) is 0.675. The van der Waals surface area contributed by atoms with Crippen molar-refractivity contribution >= 4 is 21.9 Å². The fraction of sp³-hybridized carbons (Fsp3) is 0.556. The molecule has 2 N–H and O–H groups in total. The maximum Gasteiger partial charge on any atom is 0.338 e. The summed E-state index contributed by atoms with van der Waals surface area (Å²) >= 11 is 0. The summed E-state index contributed by atoms with van der Waals surface area (Å²) in [5.74, 6) is -1.06. The van der Waals surface area contributed by atoms with Crippen LogP contribution in [0, 0.1) is 0 Å². The van der Waals surface area contributed by atoms with Gasteiger partial charge in [0.1, 0.15) is 10.6 Å². The summed E-state index contributed by atoms with van der Waals surface area (Å²) in [5, 5.41) is 2.75. The summed E-state index contributed by atoms with van der Waals surface area (Å²) in [6, 6.07) is 4.10. The minimum absolute atomic E-state index is 0.0103. The number of nitrogens with one attached hydrogen (secondary N) is 2. The minimum Gasteiger partial charge on any atom is -0.495 e. The molecule has 150 valence electrons. The monoisotopic (exact) mass is 398 g/mol. The standard InChI is InChI=1S/C18H26N2O6S/c1-11(16(21)19-13-7-8-13)26-17(22)12-6-9-14(25-5)15(10-12)27(23,24)20-18(2,3)4/h6,9-11,13,20H,7-8H2,1-5H3,(H,19,21). The average molecular weight is 398 g/mol. The number of hydrogen-bond acceptors (Lipinski definition) is 6. The third-order valence-electron chi connectivity index (χ3n) is 3.71. The van der Waals surface area contributed by atoms with Crippen molar-refractivity contribution in [2.24, 2.45) is 0 Å². The predicted molar refractivity (Wildman–Crippen MR) is 99.1 cm³/mol. The van der Waals surface area contributed by atoms with Crippen molar-refractivity contribution in [1.29, 1.82) is 0 Å². The van der Waals surface area contributed by atoms with Gasteiger partial charge in [-0.15, -0.1) is 0 Å². The Morgan fingerprint density at radius 2 is 1.85 bits per heavy atom. The molecule has 1 atom stereocenters. The Morgan fingerprint density at radius 3 is 2.37 bits per heavy atom. The summed E-state index contributed by atoms with van der Waals surface area (Å²) < 4.78 is 38.1. The second kappa shape index (κ2) is 7.85. The smallest absolute Gasteiger partial charge is 0.338 e. The summed E-state index contributed by atoms with van der Waals surface area (Å²) in [4.78, 5) is 24.1. The van der Waals surface area contributed by atoms with Crippen molar-refractivity contribution < 1.29 is 27.5 Å². The lowest BCUT2D eigenvalue weighted by Gasteiger charge is -2.21. The molecule has 0 heterocycles. The fourth-order valence-electron chi connectivity index (χ4n) is 2.30. The van der Waals surface area contributed by atoms with Crippen LogP contribution in [0.1, 0.15) is 50.9 Å². The van der Waals surface area contributed by atoms with E-state index in [1.807, 2.05) is 0 Å². The highest BCUT2D eigenvalue weighted by molar-refractivity contribution is 7.89. The normalized spacial score (nSPS) is 15.7. The first-order valence-corrected chi connectivity index (χ1v) is 10.1. The number of sulfonamides is 1. The second-order valence-corrected chi connectivity index (χ2v) is 9.20. The molecule has 9 heteroatoms. The van der Waals surface area contributed by atoms with E-state index in [0.29, 0.717) is 0 Å². The summed E-state index contributed by atoms with van der Waals surface area (Å²) in [6.07, 6.45) is 0.868. The van der Waals surface area contributed by atoms with Crippen molar-refractivity contribution in [1.82, 2.24) is 10.0 Å². The number of benzene rings is 1. The van der Waals surface area contributed by atoms with Gasteiger partial charge in [0.25, 0.3) is 5.91 Å². The highest BCUT2D eigenvalue weighted by Crippen LogP contribution is 2.26. The number of amides is 1. The van der Waals surface area contributed by atoms with Gasteiger partial charge in [0.15, 0.2) is 6.10 Å². The molecule has 1 aromatic carbocycles. The molecule has 1 saturated carbocycles. The maximum atomic E-state index is 12.7. The van der Waals surface area contributed by atoms with Crippen molar-refractivity contribution in [3.05, 3.63) is 23.8 Å². The van der Waals surface area contributed by atoms with Crippen LogP contribution in [0.4, 0.5) is 0 Å². The zero-order valence-electron chi connectivity index (χ0n) is 16.2. The van der Waals surface area contributed by atoms with Crippen LogP contribution in [0.15, 0.2) is 23.1 Å². The maximum absolute atomic E-state index is 12.7. The summed E-state index contributed by atoms with van der Waals surface area (Å²) in [7, 11) is -2.59. The van der Waals surface area contributed by atoms with Gasteiger partial charge < -0.3 is 14.8 Å². The molecule has 1 unspecified atom stereocenters. The Labute approximate surface area is 159 Å². The molecule has 0 saturated heterocycles. The molecule has 0 aromatic heterocycles. The van der Waals surface area contributed by atoms with E-state index in [2.05, 4.69) is 10.0 Å². The molecule has 1 aromatic rings. The highest BCUT2D eigenvalue weighted by atomic mass is 32.2. The Kier molecular flexibility index (Phi) is 6.16. The van der Waals surface area contributed by atoms with E-state index in [4.69, 9.17) is 9.47 Å². The van der Waals surface area contributed by atoms with E-state index >= 15 is 0 Å². The molecular formula is C18H26N2O6S. The van der Waals surface area contributed by atoms with Gasteiger partial charge in [-0.1, -0.05) is 0 Å². The zero-order chi connectivity index (χ0) is 20.4. The molecule has 2 rings (SSSR count). The van der Waals surface area contributed by atoms with Crippen molar-refractivity contribution in [2.75, 3.05) is 7.11 Å². The lowest BCUT2D eigenvalue weighted by atomic mass is 10.1. The van der Waals surface area contributed by atoms with Crippen LogP contribution in [0.2, 0.25) is 0 Å². The van der Waals surface area contributed by atoms with Gasteiger partial charge in [0.2, 0.25) is 10.0 Å². The summed E-state index contributed by atoms with van der Waals surface area (Å²) in [6.45, 7) is 6.58. The molecular weight excluding hydrogens is 372 g/mol. The fourth-order valence-corrected chi connectivity index (χ4v) is 3.91. The first-order chi connectivity index (χ1) is 12.4.